The SMILES string of the molecule is CC(=O)OC(C)C(F)(F)S(=O)(=O)[O-].CC(=O)OC(CS(=O)(=O)[O-])(C(F)(F)F)C(F)(F)F. The molecule has 0 heterocycles. The lowest BCUT2D eigenvalue weighted by Gasteiger charge is -2.36. The van der Waals surface area contributed by atoms with Crippen molar-refractivity contribution in [3.8, 4) is 0 Å². The molecule has 0 saturated carbocycles. The zero-order valence-corrected chi connectivity index (χ0v) is 16.8. The number of hydrogen-bond donors (Lipinski definition) is 0. The summed E-state index contributed by atoms with van der Waals surface area (Å²) < 4.78 is 167. The second-order valence-corrected chi connectivity index (χ2v) is 8.24. The largest absolute Gasteiger partial charge is 0.748 e. The normalized spacial score (nSPS) is 14.7. The highest BCUT2D eigenvalue weighted by Crippen LogP contribution is 2.46. The lowest BCUT2D eigenvalue weighted by Crippen LogP contribution is -2.63. The van der Waals surface area contributed by atoms with Crippen LogP contribution in [0.4, 0.5) is 35.1 Å². The summed E-state index contributed by atoms with van der Waals surface area (Å²) in [4.78, 5) is 20.5. The van der Waals surface area contributed by atoms with E-state index in [1.54, 1.807) is 0 Å². The van der Waals surface area contributed by atoms with Crippen LogP contribution >= 0.6 is 0 Å². The average Bonchev–Trinajstić information content (AvgIpc) is 2.40. The summed E-state index contributed by atoms with van der Waals surface area (Å²) >= 11 is 0. The van der Waals surface area contributed by atoms with Gasteiger partial charge in [0, 0.05) is 13.8 Å². The zero-order valence-electron chi connectivity index (χ0n) is 15.2. The van der Waals surface area contributed by atoms with Crippen LogP contribution in [0.5, 0.6) is 0 Å². The van der Waals surface area contributed by atoms with Crippen molar-refractivity contribution in [3.05, 3.63) is 0 Å². The van der Waals surface area contributed by atoms with Gasteiger partial charge in [-0.1, -0.05) is 0 Å². The number of carbonyl (C=O) groups is 2. The summed E-state index contributed by atoms with van der Waals surface area (Å²) in [7, 11) is -11.8. The Kier molecular flexibility index (Phi) is 9.90. The molecule has 1 atom stereocenters. The van der Waals surface area contributed by atoms with Gasteiger partial charge in [0.15, 0.2) is 16.2 Å². The van der Waals surface area contributed by atoms with E-state index in [9.17, 15) is 70.7 Å². The van der Waals surface area contributed by atoms with E-state index in [0.717, 1.165) is 6.92 Å². The number of halogens is 8. The number of ether oxygens (including phenoxy) is 2. The highest BCUT2D eigenvalue weighted by Gasteiger charge is 2.74. The standard InChI is InChI=1S/C6H6F6O5S.C5H8F2O5S/c1-3(13)17-4(5(7,8)9,6(10,11)12)2-18(14,15)16;1-3(12-4(2)8)5(6,7)13(9,10)11/h2H2,1H3,(H,14,15,16);3H,1-2H3,(H,9,10,11)/p-2. The molecule has 31 heavy (non-hydrogen) atoms. The Bertz CT molecular complexity index is 846. The van der Waals surface area contributed by atoms with Gasteiger partial charge in [-0.15, -0.1) is 0 Å². The molecule has 0 bridgehead atoms. The van der Waals surface area contributed by atoms with E-state index in [4.69, 9.17) is 0 Å². The monoisotopic (exact) mass is 520 g/mol. The minimum absolute atomic E-state index is 0.212. The summed E-state index contributed by atoms with van der Waals surface area (Å²) in [6, 6.07) is 0. The first kappa shape index (κ1) is 31.4. The molecular weight excluding hydrogens is 508 g/mol. The van der Waals surface area contributed by atoms with Crippen LogP contribution in [0.25, 0.3) is 0 Å². The third kappa shape index (κ3) is 9.07. The molecule has 0 fully saturated rings. The van der Waals surface area contributed by atoms with Crippen LogP contribution in [0.3, 0.4) is 0 Å². The number of esters is 2. The molecular formula is C11H12F8O10S2-2. The summed E-state index contributed by atoms with van der Waals surface area (Å²) in [5.41, 5.74) is -5.37. The molecule has 0 aliphatic rings. The zero-order chi connectivity index (χ0) is 25.9. The fourth-order valence-electron chi connectivity index (χ4n) is 1.48. The summed E-state index contributed by atoms with van der Waals surface area (Å²) in [5.74, 6) is -6.10. The summed E-state index contributed by atoms with van der Waals surface area (Å²) in [6.45, 7) is 1.66. The van der Waals surface area contributed by atoms with E-state index >= 15 is 0 Å². The maximum Gasteiger partial charge on any atom is 0.438 e. The van der Waals surface area contributed by atoms with Crippen LogP contribution in [0, 0.1) is 0 Å². The Hall–Kier alpha value is -1.80. The maximum atomic E-state index is 12.5. The third-order valence-electron chi connectivity index (χ3n) is 2.76. The molecule has 0 aromatic rings. The number of carbonyl (C=O) groups excluding carboxylic acids is 2. The molecule has 0 N–H and O–H groups in total. The smallest absolute Gasteiger partial charge is 0.438 e. The number of rotatable bonds is 6. The fourth-order valence-corrected chi connectivity index (χ4v) is 2.82. The molecule has 0 aliphatic carbocycles. The topological polar surface area (TPSA) is 167 Å². The van der Waals surface area contributed by atoms with Gasteiger partial charge in [-0.25, -0.2) is 16.8 Å². The number of hydrogen-bond acceptors (Lipinski definition) is 10. The Labute approximate surface area is 169 Å². The molecule has 0 aliphatic heterocycles. The molecule has 0 spiro atoms. The van der Waals surface area contributed by atoms with E-state index < -0.39 is 67.2 Å². The average molecular weight is 520 g/mol. The van der Waals surface area contributed by atoms with Gasteiger partial charge >= 0.3 is 35.1 Å². The van der Waals surface area contributed by atoms with Gasteiger partial charge in [0.2, 0.25) is 0 Å². The first-order valence-corrected chi connectivity index (χ1v) is 9.97. The van der Waals surface area contributed by atoms with Crippen molar-refractivity contribution in [1.29, 1.82) is 0 Å². The van der Waals surface area contributed by atoms with Crippen LogP contribution < -0.4 is 0 Å². The Balaban J connectivity index is 0. The van der Waals surface area contributed by atoms with Gasteiger partial charge < -0.3 is 18.6 Å². The third-order valence-corrected chi connectivity index (χ3v) is 4.52. The molecule has 0 saturated heterocycles. The van der Waals surface area contributed by atoms with Crippen molar-refractivity contribution in [2.75, 3.05) is 5.75 Å². The lowest BCUT2D eigenvalue weighted by molar-refractivity contribution is -0.361. The lowest BCUT2D eigenvalue weighted by atomic mass is 10.1. The van der Waals surface area contributed by atoms with Crippen LogP contribution in [0.1, 0.15) is 20.8 Å². The highest BCUT2D eigenvalue weighted by atomic mass is 32.2. The molecule has 1 unspecified atom stereocenters. The van der Waals surface area contributed by atoms with Gasteiger partial charge in [0.25, 0.3) is 0 Å². The summed E-state index contributed by atoms with van der Waals surface area (Å²) in [5, 5.41) is -4.60. The van der Waals surface area contributed by atoms with E-state index in [2.05, 4.69) is 9.47 Å². The first-order valence-electron chi connectivity index (χ1n) is 6.98. The van der Waals surface area contributed by atoms with Crippen molar-refractivity contribution in [3.63, 3.8) is 0 Å². The molecule has 0 aromatic carbocycles. The minimum Gasteiger partial charge on any atom is -0.748 e. The number of alkyl halides is 8. The van der Waals surface area contributed by atoms with E-state index in [1.165, 1.54) is 0 Å². The van der Waals surface area contributed by atoms with Gasteiger partial charge in [0.1, 0.15) is 0 Å². The summed E-state index contributed by atoms with van der Waals surface area (Å²) in [6.07, 6.45) is -14.9. The van der Waals surface area contributed by atoms with Gasteiger partial charge in [0.05, 0.1) is 15.9 Å². The molecule has 0 radical (unpaired) electrons. The fraction of sp³-hybridized carbons (Fsp3) is 0.818. The Morgan fingerprint density at radius 2 is 1.19 bits per heavy atom. The molecule has 0 rings (SSSR count). The molecule has 186 valence electrons. The second kappa shape index (κ2) is 9.77. The van der Waals surface area contributed by atoms with E-state index in [-0.39, 0.29) is 6.92 Å². The van der Waals surface area contributed by atoms with Crippen molar-refractivity contribution >= 4 is 32.2 Å². The predicted molar refractivity (Wildman–Crippen MR) is 77.0 cm³/mol. The Morgan fingerprint density at radius 1 is 0.839 bits per heavy atom. The molecule has 0 aromatic heterocycles. The minimum atomic E-state index is -6.31. The van der Waals surface area contributed by atoms with Crippen molar-refractivity contribution in [1.82, 2.24) is 0 Å². The van der Waals surface area contributed by atoms with Gasteiger partial charge in [-0.3, -0.25) is 9.59 Å². The van der Waals surface area contributed by atoms with Crippen molar-refractivity contribution in [2.45, 2.75) is 50.1 Å². The quantitative estimate of drug-likeness (QED) is 0.280. The highest BCUT2D eigenvalue weighted by molar-refractivity contribution is 7.86. The van der Waals surface area contributed by atoms with Crippen LogP contribution in [-0.4, -0.2) is 72.9 Å². The van der Waals surface area contributed by atoms with Gasteiger partial charge in [-0.05, 0) is 6.92 Å². The molecule has 0 amide bonds. The van der Waals surface area contributed by atoms with Crippen LogP contribution in [0.15, 0.2) is 0 Å². The van der Waals surface area contributed by atoms with E-state index in [0.29, 0.717) is 6.92 Å². The van der Waals surface area contributed by atoms with Crippen molar-refractivity contribution in [2.24, 2.45) is 0 Å². The predicted octanol–water partition coefficient (Wildman–Crippen LogP) is 1.03. The van der Waals surface area contributed by atoms with Crippen molar-refractivity contribution < 1.29 is 80.1 Å². The Morgan fingerprint density at radius 3 is 1.39 bits per heavy atom. The first-order chi connectivity index (χ1) is 13.2. The van der Waals surface area contributed by atoms with Crippen LogP contribution in [-0.2, 0) is 39.3 Å². The molecule has 20 heteroatoms. The van der Waals surface area contributed by atoms with Crippen LogP contribution in [0.2, 0.25) is 0 Å². The second-order valence-electron chi connectivity index (χ2n) is 5.39. The van der Waals surface area contributed by atoms with Gasteiger partial charge in [-0.2, -0.15) is 35.1 Å². The maximum absolute atomic E-state index is 12.5. The molecule has 10 nitrogen and oxygen atoms in total. The van der Waals surface area contributed by atoms with E-state index in [1.807, 2.05) is 0 Å².